The van der Waals surface area contributed by atoms with E-state index in [0.29, 0.717) is 18.0 Å². The number of nitrogens with one attached hydrogen (secondary N) is 1. The zero-order chi connectivity index (χ0) is 13.8. The summed E-state index contributed by atoms with van der Waals surface area (Å²) in [6.07, 6.45) is 2.51. The Morgan fingerprint density at radius 2 is 2.21 bits per heavy atom. The lowest BCUT2D eigenvalue weighted by Crippen LogP contribution is -2.58. The molecule has 106 valence electrons. The van der Waals surface area contributed by atoms with E-state index in [1.165, 1.54) is 18.5 Å². The molecule has 0 saturated carbocycles. The van der Waals surface area contributed by atoms with Crippen LogP contribution in [0.5, 0.6) is 0 Å². The lowest BCUT2D eigenvalue weighted by molar-refractivity contribution is 0.327. The predicted octanol–water partition coefficient (Wildman–Crippen LogP) is 4.05. The summed E-state index contributed by atoms with van der Waals surface area (Å²) in [5.74, 6) is 0.661. The van der Waals surface area contributed by atoms with Crippen molar-refractivity contribution in [2.24, 2.45) is 5.92 Å². The second-order valence-electron chi connectivity index (χ2n) is 5.84. The van der Waals surface area contributed by atoms with E-state index >= 15 is 0 Å². The van der Waals surface area contributed by atoms with Gasteiger partial charge in [0, 0.05) is 35.3 Å². The van der Waals surface area contributed by atoms with Gasteiger partial charge in [0.15, 0.2) is 0 Å². The molecule has 2 atom stereocenters. The minimum absolute atomic E-state index is 0.586. The van der Waals surface area contributed by atoms with Crippen LogP contribution in [0.1, 0.15) is 33.6 Å². The number of hydrogen-bond acceptors (Lipinski definition) is 2. The number of benzene rings is 1. The molecule has 19 heavy (non-hydrogen) atoms. The van der Waals surface area contributed by atoms with Gasteiger partial charge in [0.1, 0.15) is 0 Å². The maximum Gasteiger partial charge on any atom is 0.0438 e. The van der Waals surface area contributed by atoms with Crippen molar-refractivity contribution >= 4 is 21.6 Å². The first kappa shape index (κ1) is 14.9. The molecule has 2 rings (SSSR count). The average molecular weight is 325 g/mol. The van der Waals surface area contributed by atoms with Gasteiger partial charge in [-0.1, -0.05) is 49.2 Å². The third-order valence-electron chi connectivity index (χ3n) is 3.98. The van der Waals surface area contributed by atoms with E-state index in [0.717, 1.165) is 17.6 Å². The molecule has 1 fully saturated rings. The van der Waals surface area contributed by atoms with Gasteiger partial charge in [-0.25, -0.2) is 0 Å². The molecule has 1 aliphatic rings. The Kier molecular flexibility index (Phi) is 5.28. The largest absolute Gasteiger partial charge is 0.365 e. The molecular weight excluding hydrogens is 300 g/mol. The highest BCUT2D eigenvalue weighted by Crippen LogP contribution is 2.27. The fraction of sp³-hybridized carbons (Fsp3) is 0.625. The monoisotopic (exact) mass is 324 g/mol. The van der Waals surface area contributed by atoms with Gasteiger partial charge in [0.25, 0.3) is 0 Å². The van der Waals surface area contributed by atoms with Gasteiger partial charge in [0.2, 0.25) is 0 Å². The van der Waals surface area contributed by atoms with E-state index in [2.05, 4.69) is 71.2 Å². The second kappa shape index (κ2) is 6.76. The second-order valence-corrected chi connectivity index (χ2v) is 6.75. The molecule has 1 N–H and O–H groups in total. The molecule has 0 amide bonds. The van der Waals surface area contributed by atoms with Crippen LogP contribution in [0.4, 0.5) is 5.69 Å². The standard InChI is InChI=1S/C16H25BrN2/c1-4-6-14-11-19(16(10-18-14)12(2)3)15-8-5-7-13(17)9-15/h5,7-9,12,14,16,18H,4,6,10-11H2,1-3H3. The van der Waals surface area contributed by atoms with Crippen LogP contribution in [0.2, 0.25) is 0 Å². The third kappa shape index (κ3) is 3.73. The predicted molar refractivity (Wildman–Crippen MR) is 86.8 cm³/mol. The van der Waals surface area contributed by atoms with Gasteiger partial charge < -0.3 is 10.2 Å². The Bertz CT molecular complexity index is 405. The Labute approximate surface area is 125 Å². The Balaban J connectivity index is 2.20. The van der Waals surface area contributed by atoms with Crippen LogP contribution >= 0.6 is 15.9 Å². The highest BCUT2D eigenvalue weighted by molar-refractivity contribution is 9.10. The highest BCUT2D eigenvalue weighted by atomic mass is 79.9. The maximum atomic E-state index is 3.71. The van der Waals surface area contributed by atoms with E-state index in [-0.39, 0.29) is 0 Å². The van der Waals surface area contributed by atoms with Crippen molar-refractivity contribution in [1.82, 2.24) is 5.32 Å². The van der Waals surface area contributed by atoms with Crippen molar-refractivity contribution in [2.45, 2.75) is 45.7 Å². The van der Waals surface area contributed by atoms with Gasteiger partial charge >= 0.3 is 0 Å². The lowest BCUT2D eigenvalue weighted by atomic mass is 9.96. The Morgan fingerprint density at radius 3 is 2.84 bits per heavy atom. The Morgan fingerprint density at radius 1 is 1.42 bits per heavy atom. The topological polar surface area (TPSA) is 15.3 Å². The molecular formula is C16H25BrN2. The summed E-state index contributed by atoms with van der Waals surface area (Å²) in [4.78, 5) is 2.59. The van der Waals surface area contributed by atoms with Crippen LogP contribution in [0.3, 0.4) is 0 Å². The molecule has 0 spiro atoms. The van der Waals surface area contributed by atoms with Crippen molar-refractivity contribution in [2.75, 3.05) is 18.0 Å². The highest BCUT2D eigenvalue weighted by Gasteiger charge is 2.29. The van der Waals surface area contributed by atoms with E-state index in [1.54, 1.807) is 0 Å². The molecule has 0 aromatic heterocycles. The first-order chi connectivity index (χ1) is 9.11. The van der Waals surface area contributed by atoms with Crippen LogP contribution in [0, 0.1) is 5.92 Å². The van der Waals surface area contributed by atoms with Crippen molar-refractivity contribution in [1.29, 1.82) is 0 Å². The molecule has 1 heterocycles. The molecule has 2 nitrogen and oxygen atoms in total. The minimum atomic E-state index is 0.586. The summed E-state index contributed by atoms with van der Waals surface area (Å²) in [6, 6.07) is 9.91. The molecule has 1 saturated heterocycles. The lowest BCUT2D eigenvalue weighted by Gasteiger charge is -2.44. The zero-order valence-electron chi connectivity index (χ0n) is 12.2. The van der Waals surface area contributed by atoms with Crippen LogP contribution in [-0.2, 0) is 0 Å². The van der Waals surface area contributed by atoms with E-state index in [9.17, 15) is 0 Å². The quantitative estimate of drug-likeness (QED) is 0.898. The van der Waals surface area contributed by atoms with Crippen molar-refractivity contribution in [3.05, 3.63) is 28.7 Å². The van der Waals surface area contributed by atoms with E-state index < -0.39 is 0 Å². The molecule has 0 bridgehead atoms. The number of hydrogen-bond donors (Lipinski definition) is 1. The van der Waals surface area contributed by atoms with Crippen molar-refractivity contribution < 1.29 is 0 Å². The smallest absolute Gasteiger partial charge is 0.0438 e. The summed E-state index contributed by atoms with van der Waals surface area (Å²) in [5, 5.41) is 3.71. The first-order valence-electron chi connectivity index (χ1n) is 7.37. The van der Waals surface area contributed by atoms with Crippen LogP contribution in [-0.4, -0.2) is 25.2 Å². The number of nitrogens with zero attached hydrogens (tertiary/aromatic N) is 1. The summed E-state index contributed by atoms with van der Waals surface area (Å²) in [5.41, 5.74) is 1.34. The summed E-state index contributed by atoms with van der Waals surface area (Å²) < 4.78 is 1.16. The van der Waals surface area contributed by atoms with Gasteiger partial charge in [0.05, 0.1) is 0 Å². The molecule has 1 aromatic rings. The molecule has 2 unspecified atom stereocenters. The van der Waals surface area contributed by atoms with Gasteiger partial charge in [-0.15, -0.1) is 0 Å². The van der Waals surface area contributed by atoms with E-state index in [4.69, 9.17) is 0 Å². The van der Waals surface area contributed by atoms with Gasteiger partial charge in [-0.3, -0.25) is 0 Å². The van der Waals surface area contributed by atoms with Crippen molar-refractivity contribution in [3.8, 4) is 0 Å². The van der Waals surface area contributed by atoms with Gasteiger partial charge in [-0.2, -0.15) is 0 Å². The van der Waals surface area contributed by atoms with Crippen molar-refractivity contribution in [3.63, 3.8) is 0 Å². The average Bonchev–Trinajstić information content (AvgIpc) is 2.39. The normalized spacial score (nSPS) is 23.9. The number of piperazine rings is 1. The van der Waals surface area contributed by atoms with Crippen LogP contribution in [0.25, 0.3) is 0 Å². The number of halogens is 1. The summed E-state index contributed by atoms with van der Waals surface area (Å²) in [6.45, 7) is 9.11. The fourth-order valence-electron chi connectivity index (χ4n) is 2.92. The third-order valence-corrected chi connectivity index (χ3v) is 4.47. The maximum absolute atomic E-state index is 3.71. The molecule has 0 radical (unpaired) electrons. The van der Waals surface area contributed by atoms with Gasteiger partial charge in [-0.05, 0) is 30.5 Å². The molecule has 1 aromatic carbocycles. The summed E-state index contributed by atoms with van der Waals surface area (Å²) in [7, 11) is 0. The fourth-order valence-corrected chi connectivity index (χ4v) is 3.31. The molecule has 1 aliphatic heterocycles. The SMILES string of the molecule is CCCC1CN(c2cccc(Br)c2)C(C(C)C)CN1. The Hall–Kier alpha value is -0.540. The van der Waals surface area contributed by atoms with E-state index in [1.807, 2.05) is 0 Å². The van der Waals surface area contributed by atoms with Crippen LogP contribution in [0.15, 0.2) is 28.7 Å². The zero-order valence-corrected chi connectivity index (χ0v) is 13.8. The van der Waals surface area contributed by atoms with Crippen LogP contribution < -0.4 is 10.2 Å². The first-order valence-corrected chi connectivity index (χ1v) is 8.16. The molecule has 3 heteroatoms. The number of anilines is 1. The molecule has 0 aliphatic carbocycles. The minimum Gasteiger partial charge on any atom is -0.365 e. The summed E-state index contributed by atoms with van der Waals surface area (Å²) >= 11 is 3.59. The number of rotatable bonds is 4.